The Morgan fingerprint density at radius 3 is 2.57 bits per heavy atom. The molecule has 1 fully saturated rings. The molecule has 2 atom stereocenters. The molecule has 2 unspecified atom stereocenters. The highest BCUT2D eigenvalue weighted by Gasteiger charge is 2.21. The highest BCUT2D eigenvalue weighted by Crippen LogP contribution is 2.34. The van der Waals surface area contributed by atoms with Gasteiger partial charge < -0.3 is 14.2 Å². The minimum atomic E-state index is 0.295. The van der Waals surface area contributed by atoms with E-state index in [4.69, 9.17) is 25.8 Å². The topological polar surface area (TPSA) is 30.9 Å². The van der Waals surface area contributed by atoms with Crippen molar-refractivity contribution in [1.29, 1.82) is 0 Å². The van der Waals surface area contributed by atoms with E-state index in [-0.39, 0.29) is 0 Å². The number of morpholine rings is 1. The second-order valence-corrected chi connectivity index (χ2v) is 7.30. The lowest BCUT2D eigenvalue weighted by Crippen LogP contribution is -2.46. The van der Waals surface area contributed by atoms with E-state index in [9.17, 15) is 0 Å². The average molecular weight is 407 g/mol. The Morgan fingerprint density at radius 1 is 1.22 bits per heavy atom. The van der Waals surface area contributed by atoms with Crippen molar-refractivity contribution < 1.29 is 14.2 Å². The van der Waals surface area contributed by atoms with Gasteiger partial charge in [0, 0.05) is 19.6 Å². The Hall–Kier alpha value is -0.330. The highest BCUT2D eigenvalue weighted by atomic mass is 79.9. The van der Waals surface area contributed by atoms with E-state index in [0.29, 0.717) is 42.8 Å². The van der Waals surface area contributed by atoms with E-state index in [1.54, 1.807) is 0 Å². The Kier molecular flexibility index (Phi) is 7.63. The van der Waals surface area contributed by atoms with Crippen LogP contribution in [0.15, 0.2) is 16.6 Å². The maximum Gasteiger partial charge on any atom is 0.152 e. The van der Waals surface area contributed by atoms with Gasteiger partial charge in [0.05, 0.1) is 34.9 Å². The van der Waals surface area contributed by atoms with Crippen LogP contribution >= 0.6 is 27.5 Å². The van der Waals surface area contributed by atoms with Crippen molar-refractivity contribution in [2.24, 2.45) is 0 Å². The molecule has 1 aliphatic heterocycles. The first kappa shape index (κ1) is 19.0. The molecule has 23 heavy (non-hydrogen) atoms. The van der Waals surface area contributed by atoms with Gasteiger partial charge in [-0.3, -0.25) is 4.90 Å². The van der Waals surface area contributed by atoms with Gasteiger partial charge in [0.2, 0.25) is 0 Å². The third-order valence-corrected chi connectivity index (χ3v) is 4.53. The molecule has 1 saturated heterocycles. The third-order valence-electron chi connectivity index (χ3n) is 3.66. The zero-order valence-corrected chi connectivity index (χ0v) is 16.3. The van der Waals surface area contributed by atoms with Gasteiger partial charge in [0.25, 0.3) is 0 Å². The monoisotopic (exact) mass is 405 g/mol. The fourth-order valence-electron chi connectivity index (χ4n) is 2.79. The molecule has 2 rings (SSSR count). The van der Waals surface area contributed by atoms with Crippen LogP contribution < -0.4 is 4.74 Å². The summed E-state index contributed by atoms with van der Waals surface area (Å²) < 4.78 is 18.0. The van der Waals surface area contributed by atoms with E-state index in [0.717, 1.165) is 29.7 Å². The first-order valence-corrected chi connectivity index (χ1v) is 9.17. The van der Waals surface area contributed by atoms with Crippen LogP contribution in [0.25, 0.3) is 0 Å². The Labute approximate surface area is 152 Å². The molecule has 0 saturated carbocycles. The van der Waals surface area contributed by atoms with E-state index >= 15 is 0 Å². The molecule has 0 amide bonds. The van der Waals surface area contributed by atoms with Gasteiger partial charge in [0.1, 0.15) is 6.61 Å². The summed E-state index contributed by atoms with van der Waals surface area (Å²) in [5, 5.41) is 0.619. The van der Waals surface area contributed by atoms with Crippen LogP contribution in [-0.2, 0) is 9.47 Å². The van der Waals surface area contributed by atoms with Gasteiger partial charge in [-0.15, -0.1) is 0 Å². The van der Waals surface area contributed by atoms with Crippen molar-refractivity contribution in [3.8, 4) is 5.75 Å². The lowest BCUT2D eigenvalue weighted by atomic mass is 10.2. The molecule has 0 spiro atoms. The minimum Gasteiger partial charge on any atom is -0.488 e. The van der Waals surface area contributed by atoms with Crippen LogP contribution in [-0.4, -0.2) is 56.6 Å². The second-order valence-electron chi connectivity index (χ2n) is 6.04. The van der Waals surface area contributed by atoms with Crippen molar-refractivity contribution in [2.45, 2.75) is 33.0 Å². The molecule has 1 aromatic rings. The number of rotatable bonds is 7. The predicted molar refractivity (Wildman–Crippen MR) is 96.7 cm³/mol. The van der Waals surface area contributed by atoms with Crippen molar-refractivity contribution in [1.82, 2.24) is 4.90 Å². The van der Waals surface area contributed by atoms with E-state index < -0.39 is 0 Å². The predicted octanol–water partition coefficient (Wildman–Crippen LogP) is 3.92. The van der Waals surface area contributed by atoms with Gasteiger partial charge >= 0.3 is 0 Å². The molecule has 0 N–H and O–H groups in total. The summed E-state index contributed by atoms with van der Waals surface area (Å²) in [6, 6.07) is 3.88. The molecular formula is C17H25BrClNO3. The lowest BCUT2D eigenvalue weighted by molar-refractivity contribution is -0.0734. The van der Waals surface area contributed by atoms with Crippen molar-refractivity contribution in [3.63, 3.8) is 0 Å². The Morgan fingerprint density at radius 2 is 1.91 bits per heavy atom. The SMILES string of the molecule is Cc1cc(Cl)c(OCCOCCN2CC(C)OC(C)C2)c(Br)c1. The molecule has 0 aliphatic carbocycles. The van der Waals surface area contributed by atoms with Crippen LogP contribution in [0.1, 0.15) is 19.4 Å². The number of halogens is 2. The summed E-state index contributed by atoms with van der Waals surface area (Å²) in [7, 11) is 0. The van der Waals surface area contributed by atoms with Crippen molar-refractivity contribution in [2.75, 3.05) is 39.5 Å². The molecule has 0 aromatic heterocycles. The van der Waals surface area contributed by atoms with Crippen LogP contribution in [0, 0.1) is 6.92 Å². The molecular weight excluding hydrogens is 382 g/mol. The number of hydrogen-bond donors (Lipinski definition) is 0. The third kappa shape index (κ3) is 6.24. The molecule has 1 aromatic carbocycles. The number of ether oxygens (including phenoxy) is 3. The molecule has 0 radical (unpaired) electrons. The Bertz CT molecular complexity index is 482. The van der Waals surface area contributed by atoms with Gasteiger partial charge in [-0.2, -0.15) is 0 Å². The normalized spacial score (nSPS) is 22.3. The van der Waals surface area contributed by atoms with Crippen LogP contribution in [0.4, 0.5) is 0 Å². The van der Waals surface area contributed by atoms with Gasteiger partial charge in [-0.25, -0.2) is 0 Å². The summed E-state index contributed by atoms with van der Waals surface area (Å²) in [5.74, 6) is 0.677. The first-order chi connectivity index (χ1) is 11.0. The summed E-state index contributed by atoms with van der Waals surface area (Å²) in [5.41, 5.74) is 1.10. The number of nitrogens with zero attached hydrogens (tertiary/aromatic N) is 1. The standard InChI is InChI=1S/C17H25BrClNO3/c1-12-8-15(18)17(16(19)9-12)22-7-6-21-5-4-20-10-13(2)23-14(3)11-20/h8-9,13-14H,4-7,10-11H2,1-3H3. The maximum absolute atomic E-state index is 6.19. The smallest absolute Gasteiger partial charge is 0.152 e. The van der Waals surface area contributed by atoms with Crippen molar-refractivity contribution >= 4 is 27.5 Å². The first-order valence-electron chi connectivity index (χ1n) is 7.99. The number of benzene rings is 1. The minimum absolute atomic E-state index is 0.295. The fourth-order valence-corrected chi connectivity index (χ4v) is 3.92. The Balaban J connectivity index is 1.63. The highest BCUT2D eigenvalue weighted by molar-refractivity contribution is 9.10. The molecule has 6 heteroatoms. The zero-order chi connectivity index (χ0) is 16.8. The summed E-state index contributed by atoms with van der Waals surface area (Å²) in [6.07, 6.45) is 0.589. The van der Waals surface area contributed by atoms with Crippen molar-refractivity contribution in [3.05, 3.63) is 27.2 Å². The summed E-state index contributed by atoms with van der Waals surface area (Å²) in [6.45, 7) is 10.8. The summed E-state index contributed by atoms with van der Waals surface area (Å²) >= 11 is 9.66. The lowest BCUT2D eigenvalue weighted by Gasteiger charge is -2.35. The van der Waals surface area contributed by atoms with E-state index in [1.807, 2.05) is 19.1 Å². The molecule has 130 valence electrons. The molecule has 4 nitrogen and oxygen atoms in total. The van der Waals surface area contributed by atoms with Crippen LogP contribution in [0.3, 0.4) is 0 Å². The number of hydrogen-bond acceptors (Lipinski definition) is 4. The van der Waals surface area contributed by atoms with E-state index in [2.05, 4.69) is 34.7 Å². The quantitative estimate of drug-likeness (QED) is 0.642. The summed E-state index contributed by atoms with van der Waals surface area (Å²) in [4.78, 5) is 2.38. The number of aryl methyl sites for hydroxylation is 1. The van der Waals surface area contributed by atoms with Crippen LogP contribution in [0.5, 0.6) is 5.75 Å². The van der Waals surface area contributed by atoms with Gasteiger partial charge in [-0.1, -0.05) is 11.6 Å². The second kappa shape index (κ2) is 9.23. The molecule has 1 heterocycles. The van der Waals surface area contributed by atoms with Gasteiger partial charge in [0.15, 0.2) is 5.75 Å². The average Bonchev–Trinajstić information content (AvgIpc) is 2.43. The molecule has 1 aliphatic rings. The molecule has 0 bridgehead atoms. The maximum atomic E-state index is 6.19. The van der Waals surface area contributed by atoms with E-state index in [1.165, 1.54) is 0 Å². The zero-order valence-electron chi connectivity index (χ0n) is 14.0. The largest absolute Gasteiger partial charge is 0.488 e. The van der Waals surface area contributed by atoms with Crippen LogP contribution in [0.2, 0.25) is 5.02 Å². The van der Waals surface area contributed by atoms with Gasteiger partial charge in [-0.05, 0) is 54.4 Å². The fraction of sp³-hybridized carbons (Fsp3) is 0.647.